The van der Waals surface area contributed by atoms with E-state index in [9.17, 15) is 4.79 Å². The molecule has 0 aromatic heterocycles. The minimum atomic E-state index is -0.164. The highest BCUT2D eigenvalue weighted by atomic mass is 32.2. The van der Waals surface area contributed by atoms with Crippen molar-refractivity contribution in [3.05, 3.63) is 35.9 Å². The summed E-state index contributed by atoms with van der Waals surface area (Å²) in [5.41, 5.74) is 1.07. The molecule has 3 nitrogen and oxygen atoms in total. The van der Waals surface area contributed by atoms with Gasteiger partial charge in [0.05, 0.1) is 6.17 Å². The number of nitrogens with one attached hydrogen (secondary N) is 1. The number of nitrogens with zero attached hydrogens (tertiary/aromatic N) is 1. The highest BCUT2D eigenvalue weighted by molar-refractivity contribution is 8.00. The molecule has 2 aliphatic heterocycles. The Labute approximate surface area is 118 Å². The topological polar surface area (TPSA) is 32.3 Å². The van der Waals surface area contributed by atoms with Crippen LogP contribution in [0.1, 0.15) is 31.4 Å². The van der Waals surface area contributed by atoms with Gasteiger partial charge in [-0.15, -0.1) is 0 Å². The summed E-state index contributed by atoms with van der Waals surface area (Å²) in [6.45, 7) is 2.97. The third-order valence-corrected chi connectivity index (χ3v) is 5.34. The van der Waals surface area contributed by atoms with E-state index in [1.165, 1.54) is 18.6 Å². The molecule has 1 N–H and O–H groups in total. The van der Waals surface area contributed by atoms with Gasteiger partial charge in [0.25, 0.3) is 0 Å². The van der Waals surface area contributed by atoms with Gasteiger partial charge in [-0.05, 0) is 31.1 Å². The van der Waals surface area contributed by atoms with Gasteiger partial charge in [0.2, 0.25) is 5.91 Å². The molecule has 0 bridgehead atoms. The Balaban J connectivity index is 1.71. The molecule has 2 heterocycles. The molecule has 1 aromatic rings. The molecule has 1 amide bonds. The Morgan fingerprint density at radius 2 is 2.16 bits per heavy atom. The van der Waals surface area contributed by atoms with Crippen molar-refractivity contribution in [3.8, 4) is 0 Å². The van der Waals surface area contributed by atoms with Crippen LogP contribution in [0.3, 0.4) is 0 Å². The molecular weight excluding hydrogens is 256 g/mol. The minimum absolute atomic E-state index is 0.138. The van der Waals surface area contributed by atoms with E-state index in [1.54, 1.807) is 0 Å². The van der Waals surface area contributed by atoms with Crippen molar-refractivity contribution < 1.29 is 4.79 Å². The van der Waals surface area contributed by atoms with Gasteiger partial charge < -0.3 is 4.90 Å². The summed E-state index contributed by atoms with van der Waals surface area (Å²) < 4.78 is 0. The summed E-state index contributed by atoms with van der Waals surface area (Å²) in [4.78, 5) is 14.6. The van der Waals surface area contributed by atoms with Gasteiger partial charge in [0, 0.05) is 11.8 Å². The molecule has 2 fully saturated rings. The Morgan fingerprint density at radius 3 is 2.84 bits per heavy atom. The first kappa shape index (κ1) is 13.0. The fourth-order valence-electron chi connectivity index (χ4n) is 2.90. The number of hydrogen-bond acceptors (Lipinski definition) is 3. The van der Waals surface area contributed by atoms with E-state index in [0.717, 1.165) is 12.1 Å². The van der Waals surface area contributed by atoms with Crippen LogP contribution in [0.4, 0.5) is 0 Å². The number of amides is 1. The predicted octanol–water partition coefficient (Wildman–Crippen LogP) is 2.40. The number of thioether (sulfide) groups is 1. The van der Waals surface area contributed by atoms with Crippen LogP contribution in [0, 0.1) is 0 Å². The molecule has 3 rings (SSSR count). The smallest absolute Gasteiger partial charge is 0.245 e. The maximum Gasteiger partial charge on any atom is 0.245 e. The van der Waals surface area contributed by atoms with Crippen molar-refractivity contribution in [1.29, 1.82) is 0 Å². The fourth-order valence-corrected chi connectivity index (χ4v) is 4.17. The zero-order valence-electron chi connectivity index (χ0n) is 11.2. The standard InChI is InChI=1S/C15H20N2OS/c1-11-16-14(12-6-3-2-4-7-12)15(18)17(11)10-13-8-5-9-19-13/h2-4,6-7,11,13-14,16H,5,8-10H2,1H3. The zero-order chi connectivity index (χ0) is 13.2. The van der Waals surface area contributed by atoms with Crippen molar-refractivity contribution in [2.24, 2.45) is 0 Å². The second-order valence-corrected chi connectivity index (χ2v) is 6.72. The number of carbonyl (C=O) groups excluding carboxylic acids is 1. The van der Waals surface area contributed by atoms with Crippen molar-refractivity contribution in [3.63, 3.8) is 0 Å². The lowest BCUT2D eigenvalue weighted by molar-refractivity contribution is -0.129. The zero-order valence-corrected chi connectivity index (χ0v) is 12.0. The van der Waals surface area contributed by atoms with Gasteiger partial charge in [0.1, 0.15) is 6.04 Å². The molecule has 0 spiro atoms. The lowest BCUT2D eigenvalue weighted by Crippen LogP contribution is -2.38. The number of benzene rings is 1. The Kier molecular flexibility index (Phi) is 3.80. The maximum atomic E-state index is 12.6. The van der Waals surface area contributed by atoms with Crippen LogP contribution in [0.15, 0.2) is 30.3 Å². The average molecular weight is 276 g/mol. The molecule has 3 atom stereocenters. The first-order valence-corrected chi connectivity index (χ1v) is 8.03. The second kappa shape index (κ2) is 5.55. The lowest BCUT2D eigenvalue weighted by Gasteiger charge is -2.23. The van der Waals surface area contributed by atoms with Crippen molar-refractivity contribution in [2.75, 3.05) is 12.3 Å². The Bertz CT molecular complexity index is 445. The lowest BCUT2D eigenvalue weighted by atomic mass is 10.1. The first-order chi connectivity index (χ1) is 9.25. The van der Waals surface area contributed by atoms with E-state index < -0.39 is 0 Å². The molecule has 19 heavy (non-hydrogen) atoms. The summed E-state index contributed by atoms with van der Waals surface area (Å²) in [5, 5.41) is 4.04. The van der Waals surface area contributed by atoms with Crippen LogP contribution in [0.25, 0.3) is 0 Å². The van der Waals surface area contributed by atoms with Crippen LogP contribution >= 0.6 is 11.8 Å². The van der Waals surface area contributed by atoms with Gasteiger partial charge in [-0.25, -0.2) is 0 Å². The third-order valence-electron chi connectivity index (χ3n) is 3.96. The van der Waals surface area contributed by atoms with Gasteiger partial charge in [0.15, 0.2) is 0 Å². The highest BCUT2D eigenvalue weighted by Gasteiger charge is 2.38. The quantitative estimate of drug-likeness (QED) is 0.920. The van der Waals surface area contributed by atoms with Crippen molar-refractivity contribution in [1.82, 2.24) is 10.2 Å². The SMILES string of the molecule is CC1NC(c2ccccc2)C(=O)N1CC1CCCS1. The summed E-state index contributed by atoms with van der Waals surface area (Å²) in [6.07, 6.45) is 2.68. The molecule has 1 aromatic carbocycles. The molecule has 2 saturated heterocycles. The molecule has 3 unspecified atom stereocenters. The van der Waals surface area contributed by atoms with E-state index in [4.69, 9.17) is 0 Å². The summed E-state index contributed by atoms with van der Waals surface area (Å²) in [6, 6.07) is 9.85. The number of carbonyl (C=O) groups is 1. The fraction of sp³-hybridized carbons (Fsp3) is 0.533. The van der Waals surface area contributed by atoms with Gasteiger partial charge in [-0.2, -0.15) is 11.8 Å². The predicted molar refractivity (Wildman–Crippen MR) is 79.0 cm³/mol. The summed E-state index contributed by atoms with van der Waals surface area (Å²) >= 11 is 2.01. The van der Waals surface area contributed by atoms with Gasteiger partial charge >= 0.3 is 0 Å². The highest BCUT2D eigenvalue weighted by Crippen LogP contribution is 2.30. The van der Waals surface area contributed by atoms with Crippen molar-refractivity contribution >= 4 is 17.7 Å². The Morgan fingerprint density at radius 1 is 1.37 bits per heavy atom. The molecule has 102 valence electrons. The monoisotopic (exact) mass is 276 g/mol. The maximum absolute atomic E-state index is 12.6. The average Bonchev–Trinajstić information content (AvgIpc) is 3.03. The van der Waals surface area contributed by atoms with Crippen LogP contribution in [-0.4, -0.2) is 34.5 Å². The van der Waals surface area contributed by atoms with Crippen LogP contribution < -0.4 is 5.32 Å². The number of hydrogen-bond donors (Lipinski definition) is 1. The third kappa shape index (κ3) is 2.65. The summed E-state index contributed by atoms with van der Waals surface area (Å²) in [5.74, 6) is 1.47. The van der Waals surface area contributed by atoms with Gasteiger partial charge in [-0.1, -0.05) is 30.3 Å². The van der Waals surface area contributed by atoms with E-state index in [2.05, 4.69) is 12.2 Å². The van der Waals surface area contributed by atoms with Crippen LogP contribution in [0.2, 0.25) is 0 Å². The molecule has 0 radical (unpaired) electrons. The van der Waals surface area contributed by atoms with Crippen LogP contribution in [-0.2, 0) is 4.79 Å². The molecule has 0 aliphatic carbocycles. The van der Waals surface area contributed by atoms with Crippen LogP contribution in [0.5, 0.6) is 0 Å². The normalized spacial score (nSPS) is 31.1. The van der Waals surface area contributed by atoms with E-state index in [-0.39, 0.29) is 18.1 Å². The largest absolute Gasteiger partial charge is 0.325 e. The Hall–Kier alpha value is -1.00. The van der Waals surface area contributed by atoms with E-state index >= 15 is 0 Å². The number of rotatable bonds is 3. The molecular formula is C15H20N2OS. The van der Waals surface area contributed by atoms with Gasteiger partial charge in [-0.3, -0.25) is 10.1 Å². The van der Waals surface area contributed by atoms with E-state index in [1.807, 2.05) is 47.0 Å². The van der Waals surface area contributed by atoms with Crippen molar-refractivity contribution in [2.45, 2.75) is 37.2 Å². The second-order valence-electron chi connectivity index (χ2n) is 5.31. The minimum Gasteiger partial charge on any atom is -0.325 e. The molecule has 0 saturated carbocycles. The summed E-state index contributed by atoms with van der Waals surface area (Å²) in [7, 11) is 0. The molecule has 4 heteroatoms. The molecule has 2 aliphatic rings. The first-order valence-electron chi connectivity index (χ1n) is 6.99. The van der Waals surface area contributed by atoms with E-state index in [0.29, 0.717) is 5.25 Å².